The van der Waals surface area contributed by atoms with E-state index in [1.165, 1.54) is 0 Å². The molecule has 2 N–H and O–H groups in total. The Labute approximate surface area is 231 Å². The second kappa shape index (κ2) is 10.8. The number of esters is 1. The van der Waals surface area contributed by atoms with Crippen molar-refractivity contribution in [1.29, 1.82) is 0 Å². The zero-order valence-corrected chi connectivity index (χ0v) is 22.2. The number of carbonyl (C=O) groups excluding carboxylic acids is 1. The number of aliphatic imine (C=N–C) groups is 2. The maximum atomic E-state index is 12.2. The van der Waals surface area contributed by atoms with Gasteiger partial charge in [-0.1, -0.05) is 71.7 Å². The fourth-order valence-corrected chi connectivity index (χ4v) is 4.95. The number of hydrogen-bond acceptors (Lipinski definition) is 5. The zero-order chi connectivity index (χ0) is 26.7. The van der Waals surface area contributed by atoms with E-state index in [1.54, 1.807) is 37.4 Å². The van der Waals surface area contributed by atoms with Gasteiger partial charge < -0.3 is 10.5 Å². The predicted molar refractivity (Wildman–Crippen MR) is 156 cm³/mol. The maximum absolute atomic E-state index is 12.2. The van der Waals surface area contributed by atoms with Crippen LogP contribution in [0, 0.1) is 0 Å². The lowest BCUT2D eigenvalue weighted by atomic mass is 9.91. The molecule has 0 fully saturated rings. The zero-order valence-electron chi connectivity index (χ0n) is 20.7. The number of carbonyl (C=O) groups is 1. The van der Waals surface area contributed by atoms with Gasteiger partial charge in [-0.3, -0.25) is 4.99 Å². The minimum Gasteiger partial charge on any atom is -0.462 e. The summed E-state index contributed by atoms with van der Waals surface area (Å²) in [6, 6.07) is 28.7. The monoisotopic (exact) mass is 541 g/mol. The van der Waals surface area contributed by atoms with E-state index in [9.17, 15) is 4.79 Å². The van der Waals surface area contributed by atoms with Crippen LogP contribution in [0.5, 0.6) is 0 Å². The first-order valence-electron chi connectivity index (χ1n) is 12.2. The summed E-state index contributed by atoms with van der Waals surface area (Å²) < 4.78 is 5.14. The van der Waals surface area contributed by atoms with E-state index >= 15 is 0 Å². The first kappa shape index (κ1) is 25.7. The molecule has 7 heteroatoms. The molecule has 0 saturated heterocycles. The molecular weight excluding hydrogens is 517 g/mol. The van der Waals surface area contributed by atoms with Crippen molar-refractivity contribution in [2.45, 2.75) is 19.0 Å². The Bertz CT molecular complexity index is 1530. The molecule has 1 atom stereocenters. The molecule has 0 amide bonds. The van der Waals surface area contributed by atoms with E-state index in [2.05, 4.69) is 24.3 Å². The average molecular weight is 542 g/mol. The van der Waals surface area contributed by atoms with Crippen molar-refractivity contribution < 1.29 is 9.53 Å². The Morgan fingerprint density at radius 2 is 1.55 bits per heavy atom. The third-order valence-electron chi connectivity index (χ3n) is 6.42. The highest BCUT2D eigenvalue weighted by Gasteiger charge is 2.35. The summed E-state index contributed by atoms with van der Waals surface area (Å²) in [4.78, 5) is 22.2. The van der Waals surface area contributed by atoms with Gasteiger partial charge in [-0.15, -0.1) is 0 Å². The molecule has 38 heavy (non-hydrogen) atoms. The number of hydrogen-bond donors (Lipinski definition) is 1. The molecule has 0 spiro atoms. The minimum absolute atomic E-state index is 0.316. The van der Waals surface area contributed by atoms with Crippen LogP contribution < -0.4 is 5.73 Å². The SMILES string of the molecule is CCOC(=O)c1ccc(C2(Cc3ccc(-c4ccc(N)cc4)cc3)N=CC(c3ccc(Cl)cc3Cl)=N2)cc1. The van der Waals surface area contributed by atoms with Crippen molar-refractivity contribution in [3.63, 3.8) is 0 Å². The molecule has 5 nitrogen and oxygen atoms in total. The van der Waals surface area contributed by atoms with E-state index < -0.39 is 5.66 Å². The predicted octanol–water partition coefficient (Wildman–Crippen LogP) is 7.39. The van der Waals surface area contributed by atoms with Crippen LogP contribution in [-0.2, 0) is 16.8 Å². The quantitative estimate of drug-likeness (QED) is 0.195. The van der Waals surface area contributed by atoms with Crippen LogP contribution in [0.2, 0.25) is 10.0 Å². The third kappa shape index (κ3) is 5.35. The fourth-order valence-electron chi connectivity index (χ4n) is 4.44. The number of halogens is 2. The van der Waals surface area contributed by atoms with Crippen molar-refractivity contribution in [2.75, 3.05) is 12.3 Å². The number of nitrogens with two attached hydrogens (primary N) is 1. The smallest absolute Gasteiger partial charge is 0.338 e. The van der Waals surface area contributed by atoms with Crippen LogP contribution in [0.4, 0.5) is 5.69 Å². The molecule has 0 saturated carbocycles. The van der Waals surface area contributed by atoms with Crippen LogP contribution >= 0.6 is 23.2 Å². The van der Waals surface area contributed by atoms with E-state index in [1.807, 2.05) is 42.5 Å². The molecule has 1 heterocycles. The molecule has 0 aliphatic carbocycles. The van der Waals surface area contributed by atoms with Crippen molar-refractivity contribution in [3.05, 3.63) is 123 Å². The Balaban J connectivity index is 1.51. The number of benzene rings is 4. The molecule has 0 bridgehead atoms. The number of ether oxygens (including phenoxy) is 1. The van der Waals surface area contributed by atoms with Crippen LogP contribution in [0.15, 0.2) is 101 Å². The maximum Gasteiger partial charge on any atom is 0.338 e. The topological polar surface area (TPSA) is 77.0 Å². The van der Waals surface area contributed by atoms with Crippen molar-refractivity contribution in [2.24, 2.45) is 9.98 Å². The molecule has 1 unspecified atom stereocenters. The molecule has 1 aliphatic rings. The molecule has 1 aliphatic heterocycles. The average Bonchev–Trinajstić information content (AvgIpc) is 3.34. The van der Waals surface area contributed by atoms with E-state index in [0.717, 1.165) is 33.5 Å². The molecule has 5 rings (SSSR count). The number of anilines is 1. The molecule has 4 aromatic carbocycles. The lowest BCUT2D eigenvalue weighted by Crippen LogP contribution is -2.23. The van der Waals surface area contributed by atoms with E-state index in [4.69, 9.17) is 43.7 Å². The Morgan fingerprint density at radius 3 is 2.18 bits per heavy atom. The molecule has 0 aromatic heterocycles. The molecule has 190 valence electrons. The second-order valence-corrected chi connectivity index (χ2v) is 9.83. The summed E-state index contributed by atoms with van der Waals surface area (Å²) in [6.07, 6.45) is 2.26. The Morgan fingerprint density at radius 1 is 0.895 bits per heavy atom. The van der Waals surface area contributed by atoms with Crippen LogP contribution in [-0.4, -0.2) is 24.5 Å². The van der Waals surface area contributed by atoms with E-state index in [-0.39, 0.29) is 5.97 Å². The second-order valence-electron chi connectivity index (χ2n) is 8.99. The highest BCUT2D eigenvalue weighted by Crippen LogP contribution is 2.37. The van der Waals surface area contributed by atoms with Gasteiger partial charge in [0, 0.05) is 28.3 Å². The van der Waals surface area contributed by atoms with Crippen molar-refractivity contribution in [1.82, 2.24) is 0 Å². The molecule has 0 radical (unpaired) electrons. The summed E-state index contributed by atoms with van der Waals surface area (Å²) in [7, 11) is 0. The first-order valence-corrected chi connectivity index (χ1v) is 13.0. The highest BCUT2D eigenvalue weighted by molar-refractivity contribution is 6.45. The molecule has 4 aromatic rings. The Kier molecular flexibility index (Phi) is 7.32. The summed E-state index contributed by atoms with van der Waals surface area (Å²) >= 11 is 12.6. The first-order chi connectivity index (χ1) is 18.4. The lowest BCUT2D eigenvalue weighted by Gasteiger charge is -2.24. The van der Waals surface area contributed by atoms with Crippen molar-refractivity contribution in [3.8, 4) is 11.1 Å². The minimum atomic E-state index is -0.922. The van der Waals surface area contributed by atoms with Gasteiger partial charge in [0.25, 0.3) is 0 Å². The highest BCUT2D eigenvalue weighted by atomic mass is 35.5. The van der Waals surface area contributed by atoms with Crippen LogP contribution in [0.1, 0.15) is 34.0 Å². The van der Waals surface area contributed by atoms with Gasteiger partial charge in [0.2, 0.25) is 0 Å². The largest absolute Gasteiger partial charge is 0.462 e. The normalized spacial score (nSPS) is 16.3. The van der Waals surface area contributed by atoms with Gasteiger partial charge in [-0.2, -0.15) is 0 Å². The third-order valence-corrected chi connectivity index (χ3v) is 6.97. The van der Waals surface area contributed by atoms with E-state index in [0.29, 0.717) is 34.3 Å². The Hall–Kier alpha value is -3.93. The van der Waals surface area contributed by atoms with Gasteiger partial charge in [-0.25, -0.2) is 9.79 Å². The van der Waals surface area contributed by atoms with Crippen LogP contribution in [0.3, 0.4) is 0 Å². The van der Waals surface area contributed by atoms with Gasteiger partial charge >= 0.3 is 5.97 Å². The number of nitrogen functional groups attached to an aromatic ring is 1. The number of rotatable bonds is 7. The van der Waals surface area contributed by atoms with Crippen LogP contribution in [0.25, 0.3) is 11.1 Å². The summed E-state index contributed by atoms with van der Waals surface area (Å²) in [6.45, 7) is 2.10. The fraction of sp³-hybridized carbons (Fsp3) is 0.129. The van der Waals surface area contributed by atoms with Gasteiger partial charge in [-0.05, 0) is 66.1 Å². The van der Waals surface area contributed by atoms with Crippen molar-refractivity contribution >= 4 is 46.8 Å². The summed E-state index contributed by atoms with van der Waals surface area (Å²) in [5.41, 5.74) is 11.6. The van der Waals surface area contributed by atoms with Gasteiger partial charge in [0.1, 0.15) is 0 Å². The van der Waals surface area contributed by atoms with Gasteiger partial charge in [0.05, 0.1) is 29.1 Å². The van der Waals surface area contributed by atoms with Gasteiger partial charge in [0.15, 0.2) is 5.66 Å². The summed E-state index contributed by atoms with van der Waals surface area (Å²) in [5, 5.41) is 1.06. The standard InChI is InChI=1S/C31H25Cl2N3O2/c1-2-38-30(37)23-7-11-24(12-8-23)31(35-19-29(36-31)27-16-13-25(32)17-28(27)33)18-20-3-5-21(6-4-20)22-9-14-26(34)15-10-22/h3-17,19H,2,18,34H2,1H3. The summed E-state index contributed by atoms with van der Waals surface area (Å²) in [5.74, 6) is -0.363. The molecular formula is C31H25Cl2N3O2. The number of nitrogens with zero attached hydrogens (tertiary/aromatic N) is 2. The lowest BCUT2D eigenvalue weighted by molar-refractivity contribution is 0.0526.